The summed E-state index contributed by atoms with van der Waals surface area (Å²) in [7, 11) is 0. The highest BCUT2D eigenvalue weighted by molar-refractivity contribution is 7.98. The van der Waals surface area contributed by atoms with Crippen molar-refractivity contribution in [2.45, 2.75) is 32.8 Å². The second kappa shape index (κ2) is 8.97. The number of piperidine rings is 1. The zero-order chi connectivity index (χ0) is 17.4. The lowest BCUT2D eigenvalue weighted by Gasteiger charge is -2.39. The van der Waals surface area contributed by atoms with Gasteiger partial charge in [-0.2, -0.15) is 0 Å². The number of carbonyl (C=O) groups is 2. The van der Waals surface area contributed by atoms with E-state index in [1.165, 1.54) is 11.8 Å². The van der Waals surface area contributed by atoms with Gasteiger partial charge in [0.15, 0.2) is 0 Å². The Bertz CT molecular complexity index is 551. The molecule has 0 aliphatic carbocycles. The van der Waals surface area contributed by atoms with Gasteiger partial charge in [0.25, 0.3) is 0 Å². The first-order valence-corrected chi connectivity index (χ1v) is 9.62. The van der Waals surface area contributed by atoms with Gasteiger partial charge >= 0.3 is 12.1 Å². The van der Waals surface area contributed by atoms with Crippen LogP contribution in [0, 0.1) is 5.41 Å². The average Bonchev–Trinajstić information content (AvgIpc) is 2.64. The summed E-state index contributed by atoms with van der Waals surface area (Å²) in [6.07, 6.45) is 3.71. The van der Waals surface area contributed by atoms with Crippen molar-refractivity contribution < 1.29 is 19.1 Å². The van der Waals surface area contributed by atoms with Crippen molar-refractivity contribution in [1.82, 2.24) is 4.90 Å². The minimum atomic E-state index is -0.611. The number of nitrogens with zero attached hydrogens (tertiary/aromatic N) is 1. The third-order valence-corrected chi connectivity index (χ3v) is 4.81. The van der Waals surface area contributed by atoms with E-state index in [1.54, 1.807) is 4.90 Å². The molecule has 1 aromatic carbocycles. The highest BCUT2D eigenvalue weighted by Crippen LogP contribution is 2.35. The minimum absolute atomic E-state index is 0.208. The Morgan fingerprint density at radius 3 is 2.67 bits per heavy atom. The summed E-state index contributed by atoms with van der Waals surface area (Å²) in [5.41, 5.74) is 0.337. The molecule has 1 unspecified atom stereocenters. The Balaban J connectivity index is 1.95. The lowest BCUT2D eigenvalue weighted by Crippen LogP contribution is -2.50. The monoisotopic (exact) mass is 351 g/mol. The molecule has 5 nitrogen and oxygen atoms in total. The molecule has 1 aliphatic rings. The van der Waals surface area contributed by atoms with Gasteiger partial charge in [0, 0.05) is 13.1 Å². The lowest BCUT2D eigenvalue weighted by atomic mass is 9.78. The molecule has 24 heavy (non-hydrogen) atoms. The molecule has 1 saturated heterocycles. The Morgan fingerprint density at radius 2 is 2.00 bits per heavy atom. The normalized spacial score (nSPS) is 20.5. The van der Waals surface area contributed by atoms with Gasteiger partial charge in [0.1, 0.15) is 12.5 Å². The minimum Gasteiger partial charge on any atom is -0.454 e. The Morgan fingerprint density at radius 1 is 1.25 bits per heavy atom. The summed E-state index contributed by atoms with van der Waals surface area (Å²) in [5.74, 6) is 0.138. The molecule has 1 atom stereocenters. The number of benzene rings is 1. The number of carbonyl (C=O) groups excluding carboxylic acids is 2. The van der Waals surface area contributed by atoms with Gasteiger partial charge in [0.2, 0.25) is 0 Å². The second-order valence-electron chi connectivity index (χ2n) is 6.04. The maximum atomic E-state index is 12.4. The van der Waals surface area contributed by atoms with Crippen LogP contribution < -0.4 is 0 Å². The van der Waals surface area contributed by atoms with Crippen LogP contribution in [0.5, 0.6) is 0 Å². The smallest absolute Gasteiger partial charge is 0.410 e. The molecule has 0 N–H and O–H groups in total. The summed E-state index contributed by atoms with van der Waals surface area (Å²) >= 11 is 1.47. The lowest BCUT2D eigenvalue weighted by molar-refractivity contribution is -0.157. The van der Waals surface area contributed by atoms with Crippen molar-refractivity contribution in [3.8, 4) is 0 Å². The third kappa shape index (κ3) is 4.66. The Kier molecular flexibility index (Phi) is 6.97. The molecule has 0 spiro atoms. The molecule has 0 bridgehead atoms. The predicted octanol–water partition coefficient (Wildman–Crippen LogP) is 3.68. The summed E-state index contributed by atoms with van der Waals surface area (Å²) in [4.78, 5) is 26.4. The van der Waals surface area contributed by atoms with Gasteiger partial charge in [-0.15, -0.1) is 11.8 Å². The number of amides is 1. The van der Waals surface area contributed by atoms with E-state index in [2.05, 4.69) is 0 Å². The molecule has 1 heterocycles. The van der Waals surface area contributed by atoms with E-state index < -0.39 is 5.41 Å². The largest absolute Gasteiger partial charge is 0.454 e. The SMILES string of the molecule is CCC1(C(=O)OCSC)CCCN(C(=O)OCc2ccccc2)C1. The quantitative estimate of drug-likeness (QED) is 0.578. The Hall–Kier alpha value is -1.69. The van der Waals surface area contributed by atoms with Crippen molar-refractivity contribution in [3.63, 3.8) is 0 Å². The first kappa shape index (κ1) is 18.6. The number of rotatable bonds is 6. The first-order chi connectivity index (χ1) is 11.6. The molecular weight excluding hydrogens is 326 g/mol. The summed E-state index contributed by atoms with van der Waals surface area (Å²) in [6.45, 7) is 3.20. The van der Waals surface area contributed by atoms with Crippen molar-refractivity contribution >= 4 is 23.8 Å². The van der Waals surface area contributed by atoms with E-state index in [4.69, 9.17) is 9.47 Å². The van der Waals surface area contributed by atoms with E-state index >= 15 is 0 Å². The molecule has 0 saturated carbocycles. The first-order valence-electron chi connectivity index (χ1n) is 8.23. The summed E-state index contributed by atoms with van der Waals surface area (Å²) < 4.78 is 10.7. The summed E-state index contributed by atoms with van der Waals surface area (Å²) in [6, 6.07) is 9.58. The number of hydrogen-bond donors (Lipinski definition) is 0. The maximum Gasteiger partial charge on any atom is 0.410 e. The molecule has 0 radical (unpaired) electrons. The van der Waals surface area contributed by atoms with Crippen LogP contribution in [-0.2, 0) is 20.9 Å². The van der Waals surface area contributed by atoms with Gasteiger partial charge in [-0.1, -0.05) is 37.3 Å². The fourth-order valence-electron chi connectivity index (χ4n) is 2.96. The molecule has 6 heteroatoms. The maximum absolute atomic E-state index is 12.4. The number of likely N-dealkylation sites (tertiary alicyclic amines) is 1. The molecule has 1 aromatic rings. The van der Waals surface area contributed by atoms with Crippen molar-refractivity contribution in [3.05, 3.63) is 35.9 Å². The van der Waals surface area contributed by atoms with Crippen LogP contribution >= 0.6 is 11.8 Å². The van der Waals surface area contributed by atoms with Crippen LogP contribution in [0.25, 0.3) is 0 Å². The molecule has 1 amide bonds. The molecule has 0 aromatic heterocycles. The van der Waals surface area contributed by atoms with E-state index in [0.29, 0.717) is 25.4 Å². The van der Waals surface area contributed by atoms with Crippen molar-refractivity contribution in [2.75, 3.05) is 25.3 Å². The van der Waals surface area contributed by atoms with Crippen LogP contribution in [-0.4, -0.2) is 42.2 Å². The predicted molar refractivity (Wildman–Crippen MR) is 94.6 cm³/mol. The summed E-state index contributed by atoms with van der Waals surface area (Å²) in [5, 5.41) is 0. The van der Waals surface area contributed by atoms with Gasteiger partial charge in [0.05, 0.1) is 5.41 Å². The second-order valence-corrected chi connectivity index (χ2v) is 6.85. The molecular formula is C18H25NO4S. The van der Waals surface area contributed by atoms with Crippen LogP contribution in [0.15, 0.2) is 30.3 Å². The fraction of sp³-hybridized carbons (Fsp3) is 0.556. The van der Waals surface area contributed by atoms with E-state index in [-0.39, 0.29) is 18.7 Å². The highest BCUT2D eigenvalue weighted by atomic mass is 32.2. The fourth-order valence-corrected chi connectivity index (χ4v) is 3.19. The van der Waals surface area contributed by atoms with Crippen LogP contribution in [0.3, 0.4) is 0 Å². The van der Waals surface area contributed by atoms with E-state index in [1.807, 2.05) is 43.5 Å². The van der Waals surface area contributed by atoms with Gasteiger partial charge in [-0.3, -0.25) is 4.79 Å². The van der Waals surface area contributed by atoms with Gasteiger partial charge < -0.3 is 14.4 Å². The van der Waals surface area contributed by atoms with Gasteiger partial charge in [-0.05, 0) is 31.1 Å². The van der Waals surface area contributed by atoms with Crippen molar-refractivity contribution in [1.29, 1.82) is 0 Å². The number of hydrogen-bond acceptors (Lipinski definition) is 5. The van der Waals surface area contributed by atoms with E-state index in [9.17, 15) is 9.59 Å². The molecule has 1 fully saturated rings. The average molecular weight is 351 g/mol. The number of esters is 1. The van der Waals surface area contributed by atoms with Crippen LogP contribution in [0.1, 0.15) is 31.7 Å². The van der Waals surface area contributed by atoms with Crippen molar-refractivity contribution in [2.24, 2.45) is 5.41 Å². The highest BCUT2D eigenvalue weighted by Gasteiger charge is 2.43. The third-order valence-electron chi connectivity index (χ3n) is 4.46. The topological polar surface area (TPSA) is 55.8 Å². The number of ether oxygens (including phenoxy) is 2. The zero-order valence-electron chi connectivity index (χ0n) is 14.3. The molecule has 1 aliphatic heterocycles. The molecule has 132 valence electrons. The Labute approximate surface area is 147 Å². The standard InChI is InChI=1S/C18H25NO4S/c1-3-18(16(20)23-14-24-2)10-7-11-19(13-18)17(21)22-12-15-8-5-4-6-9-15/h4-6,8-9H,3,7,10-14H2,1-2H3. The zero-order valence-corrected chi connectivity index (χ0v) is 15.1. The van der Waals surface area contributed by atoms with Crippen LogP contribution in [0.2, 0.25) is 0 Å². The number of thioether (sulfide) groups is 1. The van der Waals surface area contributed by atoms with E-state index in [0.717, 1.165) is 18.4 Å². The van der Waals surface area contributed by atoms with Crippen LogP contribution in [0.4, 0.5) is 4.79 Å². The molecule has 2 rings (SSSR count). The van der Waals surface area contributed by atoms with Gasteiger partial charge in [-0.25, -0.2) is 4.79 Å².